The van der Waals surface area contributed by atoms with E-state index in [-0.39, 0.29) is 17.1 Å². The largest absolute Gasteiger partial charge is 0.747 e. The predicted molar refractivity (Wildman–Crippen MR) is 111 cm³/mol. The van der Waals surface area contributed by atoms with Crippen LogP contribution in [0.25, 0.3) is 0 Å². The SMILES string of the molecule is CC12CCC(C(S(=O)(=O)[O-])C1=O)C2(C)C.CCCCC(=O)C[S+](CC)CC. The normalized spacial score (nSPS) is 29.0. The van der Waals surface area contributed by atoms with Gasteiger partial charge in [-0.05, 0) is 55.3 Å². The van der Waals surface area contributed by atoms with Gasteiger partial charge in [0.2, 0.25) is 0 Å². The molecule has 2 fully saturated rings. The van der Waals surface area contributed by atoms with Gasteiger partial charge in [-0.15, -0.1) is 0 Å². The van der Waals surface area contributed by atoms with E-state index in [0.29, 0.717) is 29.5 Å². The predicted octanol–water partition coefficient (Wildman–Crippen LogP) is 3.33. The topological polar surface area (TPSA) is 91.3 Å². The number of hydrogen-bond acceptors (Lipinski definition) is 5. The molecule has 27 heavy (non-hydrogen) atoms. The van der Waals surface area contributed by atoms with Crippen LogP contribution in [0.2, 0.25) is 0 Å². The van der Waals surface area contributed by atoms with E-state index in [4.69, 9.17) is 0 Å². The van der Waals surface area contributed by atoms with Gasteiger partial charge in [-0.1, -0.05) is 34.1 Å². The lowest BCUT2D eigenvalue weighted by Gasteiger charge is -2.32. The molecule has 3 unspecified atom stereocenters. The monoisotopic (exact) mass is 420 g/mol. The Hall–Kier alpha value is -0.400. The maximum atomic E-state index is 12.0. The first kappa shape index (κ1) is 24.6. The lowest BCUT2D eigenvalue weighted by molar-refractivity contribution is -0.128. The van der Waals surface area contributed by atoms with Crippen LogP contribution < -0.4 is 0 Å². The molecule has 3 atom stereocenters. The second-order valence-corrected chi connectivity index (χ2v) is 12.6. The average molecular weight is 421 g/mol. The van der Waals surface area contributed by atoms with E-state index >= 15 is 0 Å². The van der Waals surface area contributed by atoms with Crippen LogP contribution in [-0.4, -0.2) is 47.0 Å². The molecule has 2 bridgehead atoms. The lowest BCUT2D eigenvalue weighted by Crippen LogP contribution is -2.38. The van der Waals surface area contributed by atoms with Crippen LogP contribution in [0.1, 0.15) is 73.6 Å². The smallest absolute Gasteiger partial charge is 0.181 e. The number of unbranched alkanes of at least 4 members (excludes halogenated alkanes) is 1. The fourth-order valence-electron chi connectivity index (χ4n) is 4.42. The molecule has 0 aromatic carbocycles. The molecule has 2 aliphatic rings. The summed E-state index contributed by atoms with van der Waals surface area (Å²) in [5, 5.41) is -1.30. The van der Waals surface area contributed by atoms with Crippen LogP contribution in [0.5, 0.6) is 0 Å². The van der Waals surface area contributed by atoms with Gasteiger partial charge in [0.05, 0.1) is 0 Å². The van der Waals surface area contributed by atoms with Crippen molar-refractivity contribution in [1.82, 2.24) is 0 Å². The molecule has 0 aliphatic heterocycles. The third-order valence-electron chi connectivity index (χ3n) is 6.77. The fraction of sp³-hybridized carbons (Fsp3) is 0.900. The molecule has 0 aromatic heterocycles. The molecule has 0 radical (unpaired) electrons. The summed E-state index contributed by atoms with van der Waals surface area (Å²) in [6.07, 6.45) is 4.39. The minimum atomic E-state index is -4.49. The van der Waals surface area contributed by atoms with Crippen LogP contribution in [-0.2, 0) is 30.6 Å². The van der Waals surface area contributed by atoms with Gasteiger partial charge in [0.15, 0.2) is 17.3 Å². The summed E-state index contributed by atoms with van der Waals surface area (Å²) in [5.74, 6) is 3.01. The van der Waals surface area contributed by atoms with Gasteiger partial charge in [-0.3, -0.25) is 9.59 Å². The van der Waals surface area contributed by atoms with Crippen molar-refractivity contribution in [2.75, 3.05) is 17.3 Å². The molecule has 158 valence electrons. The Balaban J connectivity index is 0.000000279. The molecule has 0 saturated heterocycles. The molecular formula is C20H36O5S2. The van der Waals surface area contributed by atoms with E-state index < -0.39 is 20.8 Å². The van der Waals surface area contributed by atoms with Gasteiger partial charge >= 0.3 is 0 Å². The van der Waals surface area contributed by atoms with Crippen molar-refractivity contribution in [2.24, 2.45) is 16.7 Å². The van der Waals surface area contributed by atoms with E-state index in [1.807, 2.05) is 13.8 Å². The first-order chi connectivity index (χ1) is 12.4. The van der Waals surface area contributed by atoms with Crippen LogP contribution in [0.3, 0.4) is 0 Å². The van der Waals surface area contributed by atoms with Gasteiger partial charge in [-0.2, -0.15) is 0 Å². The van der Waals surface area contributed by atoms with E-state index in [1.54, 1.807) is 6.92 Å². The molecule has 2 rings (SSSR count). The molecule has 2 aliphatic carbocycles. The number of carbonyl (C=O) groups excluding carboxylic acids is 2. The third kappa shape index (κ3) is 5.15. The summed E-state index contributed by atoms with van der Waals surface area (Å²) >= 11 is 0. The van der Waals surface area contributed by atoms with E-state index in [0.717, 1.165) is 25.0 Å². The maximum Gasteiger partial charge on any atom is 0.181 e. The number of Topliss-reactive ketones (excluding diaryl/α,β-unsaturated/α-hetero) is 2. The van der Waals surface area contributed by atoms with Crippen molar-refractivity contribution >= 4 is 32.6 Å². The highest BCUT2D eigenvalue weighted by Crippen LogP contribution is 2.64. The van der Waals surface area contributed by atoms with Crippen molar-refractivity contribution < 1.29 is 22.6 Å². The average Bonchev–Trinajstić information content (AvgIpc) is 2.89. The van der Waals surface area contributed by atoms with Crippen LogP contribution in [0, 0.1) is 16.7 Å². The Kier molecular flexibility index (Phi) is 8.58. The summed E-state index contributed by atoms with van der Waals surface area (Å²) in [4.78, 5) is 23.3. The molecule has 2 saturated carbocycles. The standard InChI is InChI=1S/C10H16O4S.C10H21OS/c1-9(2)6-4-5-10(9,3)8(11)7(6)15(12,13)14;1-4-7-8-10(11)9-12(5-2)6-3/h6-7H,4-5H2,1-3H3,(H,12,13,14);4-9H2,1-3H3/q;+1/p-1. The van der Waals surface area contributed by atoms with Crippen molar-refractivity contribution in [2.45, 2.75) is 78.9 Å². The Labute approximate surface area is 168 Å². The molecular weight excluding hydrogens is 384 g/mol. The van der Waals surface area contributed by atoms with Gasteiger partial charge in [0.25, 0.3) is 0 Å². The highest BCUT2D eigenvalue weighted by Gasteiger charge is 2.67. The molecule has 0 spiro atoms. The van der Waals surface area contributed by atoms with Crippen LogP contribution in [0.15, 0.2) is 0 Å². The van der Waals surface area contributed by atoms with Crippen molar-refractivity contribution in [1.29, 1.82) is 0 Å². The first-order valence-corrected chi connectivity index (χ1v) is 13.2. The number of ketones is 2. The number of hydrogen-bond donors (Lipinski definition) is 0. The zero-order valence-corrected chi connectivity index (χ0v) is 19.3. The summed E-state index contributed by atoms with van der Waals surface area (Å²) in [6.45, 7) is 12.1. The summed E-state index contributed by atoms with van der Waals surface area (Å²) < 4.78 is 33.3. The fourth-order valence-corrected chi connectivity index (χ4v) is 7.24. The second kappa shape index (κ2) is 9.40. The molecule has 7 heteroatoms. The molecule has 5 nitrogen and oxygen atoms in total. The Bertz CT molecular complexity index is 637. The van der Waals surface area contributed by atoms with Gasteiger partial charge in [0.1, 0.15) is 26.9 Å². The molecule has 0 amide bonds. The maximum absolute atomic E-state index is 12.0. The zero-order valence-electron chi connectivity index (χ0n) is 17.7. The number of rotatable bonds is 8. The quantitative estimate of drug-likeness (QED) is 0.444. The molecule has 0 aromatic rings. The van der Waals surface area contributed by atoms with Crippen molar-refractivity contribution in [3.8, 4) is 0 Å². The summed E-state index contributed by atoms with van der Waals surface area (Å²) in [7, 11) is -4.11. The van der Waals surface area contributed by atoms with Crippen molar-refractivity contribution in [3.05, 3.63) is 0 Å². The minimum Gasteiger partial charge on any atom is -0.747 e. The highest BCUT2D eigenvalue weighted by atomic mass is 32.2. The highest BCUT2D eigenvalue weighted by molar-refractivity contribution is 7.97. The van der Waals surface area contributed by atoms with Crippen molar-refractivity contribution in [3.63, 3.8) is 0 Å². The summed E-state index contributed by atoms with van der Waals surface area (Å²) in [6, 6.07) is 0. The molecule has 0 heterocycles. The zero-order chi connectivity index (χ0) is 21.0. The van der Waals surface area contributed by atoms with Gasteiger partial charge < -0.3 is 4.55 Å². The van der Waals surface area contributed by atoms with Gasteiger partial charge in [-0.25, -0.2) is 8.42 Å². The van der Waals surface area contributed by atoms with Crippen LogP contribution >= 0.6 is 0 Å². The molecule has 0 N–H and O–H groups in total. The van der Waals surface area contributed by atoms with E-state index in [2.05, 4.69) is 20.8 Å². The minimum absolute atomic E-state index is 0.294. The Morgan fingerprint density at radius 3 is 2.07 bits per heavy atom. The lowest BCUT2D eigenvalue weighted by atomic mass is 9.70. The number of carbonyl (C=O) groups is 2. The number of fused-ring (bicyclic) bond motifs is 2. The third-order valence-corrected chi connectivity index (χ3v) is 10.3. The Morgan fingerprint density at radius 2 is 1.74 bits per heavy atom. The Morgan fingerprint density at radius 1 is 1.19 bits per heavy atom. The second-order valence-electron chi connectivity index (χ2n) is 8.45. The summed E-state index contributed by atoms with van der Waals surface area (Å²) in [5.41, 5.74) is -0.994. The van der Waals surface area contributed by atoms with E-state index in [1.165, 1.54) is 11.5 Å². The van der Waals surface area contributed by atoms with E-state index in [9.17, 15) is 22.6 Å². The first-order valence-electron chi connectivity index (χ1n) is 10.0. The van der Waals surface area contributed by atoms with Gasteiger partial charge in [0, 0.05) is 11.8 Å². The van der Waals surface area contributed by atoms with Crippen LogP contribution in [0.4, 0.5) is 0 Å².